The monoisotopic (exact) mass is 213 g/mol. The van der Waals surface area contributed by atoms with Gasteiger partial charge in [0.1, 0.15) is 5.82 Å². The number of benzene rings is 1. The van der Waals surface area contributed by atoms with E-state index in [1.165, 1.54) is 6.07 Å². The summed E-state index contributed by atoms with van der Waals surface area (Å²) >= 11 is 5.95. The van der Waals surface area contributed by atoms with Crippen LogP contribution in [0.1, 0.15) is 0 Å². The molecule has 1 aliphatic heterocycles. The fourth-order valence-electron chi connectivity index (χ4n) is 1.62. The van der Waals surface area contributed by atoms with Crippen LogP contribution in [0.25, 0.3) is 0 Å². The maximum absolute atomic E-state index is 13.5. The minimum atomic E-state index is -0.251. The molecule has 1 fully saturated rings. The summed E-state index contributed by atoms with van der Waals surface area (Å²) in [5.74, 6) is -0.251. The first-order valence-electron chi connectivity index (χ1n) is 4.61. The van der Waals surface area contributed by atoms with Gasteiger partial charge in [-0.3, -0.25) is 0 Å². The zero-order valence-corrected chi connectivity index (χ0v) is 8.47. The van der Waals surface area contributed by atoms with E-state index in [9.17, 15) is 4.39 Å². The van der Waals surface area contributed by atoms with Gasteiger partial charge in [-0.15, -0.1) is 0 Å². The Morgan fingerprint density at radius 2 is 2.00 bits per heavy atom. The number of anilines is 1. The number of nitrogens with zero attached hydrogens (tertiary/aromatic N) is 2. The Morgan fingerprint density at radius 1 is 1.29 bits per heavy atom. The molecule has 1 heterocycles. The second-order valence-corrected chi connectivity index (χ2v) is 3.64. The van der Waals surface area contributed by atoms with Crippen molar-refractivity contribution in [1.29, 1.82) is 0 Å². The highest BCUT2D eigenvalue weighted by molar-refractivity contribution is 6.33. The van der Waals surface area contributed by atoms with Gasteiger partial charge in [-0.05, 0) is 12.1 Å². The standard InChI is InChI=1S/C10H11ClFN2/c11-8-2-1-3-9(12)10(8)14-6-4-13-5-7-14/h1-3H,4-7H2. The Kier molecular flexibility index (Phi) is 2.89. The predicted octanol–water partition coefficient (Wildman–Crippen LogP) is 1.90. The van der Waals surface area contributed by atoms with E-state index in [1.807, 2.05) is 4.90 Å². The highest BCUT2D eigenvalue weighted by Gasteiger charge is 2.17. The molecule has 0 spiro atoms. The highest BCUT2D eigenvalue weighted by Crippen LogP contribution is 2.28. The van der Waals surface area contributed by atoms with Crippen molar-refractivity contribution in [2.45, 2.75) is 0 Å². The van der Waals surface area contributed by atoms with Gasteiger partial charge in [-0.2, -0.15) is 0 Å². The van der Waals surface area contributed by atoms with Gasteiger partial charge in [-0.1, -0.05) is 17.7 Å². The summed E-state index contributed by atoms with van der Waals surface area (Å²) in [5.41, 5.74) is 0.518. The van der Waals surface area contributed by atoms with Crippen LogP contribution in [-0.4, -0.2) is 26.2 Å². The van der Waals surface area contributed by atoms with Crippen molar-refractivity contribution >= 4 is 17.3 Å². The van der Waals surface area contributed by atoms with Crippen LogP contribution in [0, 0.1) is 5.82 Å². The van der Waals surface area contributed by atoms with E-state index in [2.05, 4.69) is 5.32 Å². The quantitative estimate of drug-likeness (QED) is 0.697. The molecule has 0 unspecified atom stereocenters. The zero-order chi connectivity index (χ0) is 9.97. The van der Waals surface area contributed by atoms with Crippen molar-refractivity contribution in [3.63, 3.8) is 0 Å². The molecule has 14 heavy (non-hydrogen) atoms. The van der Waals surface area contributed by atoms with Gasteiger partial charge in [0.15, 0.2) is 0 Å². The Morgan fingerprint density at radius 3 is 2.64 bits per heavy atom. The first-order chi connectivity index (χ1) is 6.79. The van der Waals surface area contributed by atoms with E-state index in [0.717, 1.165) is 26.2 Å². The third kappa shape index (κ3) is 1.83. The van der Waals surface area contributed by atoms with Crippen LogP contribution in [0.3, 0.4) is 0 Å². The Balaban J connectivity index is 2.29. The third-order valence-corrected chi connectivity index (χ3v) is 2.61. The lowest BCUT2D eigenvalue weighted by molar-refractivity contribution is 0.559. The van der Waals surface area contributed by atoms with Gasteiger partial charge in [-0.25, -0.2) is 9.71 Å². The maximum atomic E-state index is 13.5. The first-order valence-corrected chi connectivity index (χ1v) is 4.99. The Hall–Kier alpha value is -0.800. The summed E-state index contributed by atoms with van der Waals surface area (Å²) in [6, 6.07) is 4.77. The maximum Gasteiger partial charge on any atom is 0.148 e. The van der Waals surface area contributed by atoms with Gasteiger partial charge in [0, 0.05) is 26.2 Å². The van der Waals surface area contributed by atoms with Crippen LogP contribution in [0.15, 0.2) is 18.2 Å². The molecular weight excluding hydrogens is 203 g/mol. The second kappa shape index (κ2) is 4.15. The van der Waals surface area contributed by atoms with Crippen LogP contribution < -0.4 is 10.2 Å². The van der Waals surface area contributed by atoms with Gasteiger partial charge < -0.3 is 4.90 Å². The molecule has 0 aromatic heterocycles. The fourth-order valence-corrected chi connectivity index (χ4v) is 1.90. The van der Waals surface area contributed by atoms with Gasteiger partial charge in [0.05, 0.1) is 10.7 Å². The van der Waals surface area contributed by atoms with E-state index in [4.69, 9.17) is 11.6 Å². The van der Waals surface area contributed by atoms with Crippen LogP contribution in [-0.2, 0) is 0 Å². The first kappa shape index (κ1) is 9.74. The smallest absolute Gasteiger partial charge is 0.148 e. The van der Waals surface area contributed by atoms with Crippen molar-refractivity contribution in [1.82, 2.24) is 5.32 Å². The molecule has 1 radical (unpaired) electrons. The predicted molar refractivity (Wildman–Crippen MR) is 55.5 cm³/mol. The number of piperazine rings is 1. The number of hydrogen-bond acceptors (Lipinski definition) is 1. The average molecular weight is 214 g/mol. The highest BCUT2D eigenvalue weighted by atomic mass is 35.5. The molecule has 1 aromatic rings. The number of para-hydroxylation sites is 1. The van der Waals surface area contributed by atoms with E-state index in [1.54, 1.807) is 12.1 Å². The molecule has 0 saturated carbocycles. The van der Waals surface area contributed by atoms with Gasteiger partial charge in [0.2, 0.25) is 0 Å². The fraction of sp³-hybridized carbons (Fsp3) is 0.400. The summed E-state index contributed by atoms with van der Waals surface area (Å²) < 4.78 is 13.5. The topological polar surface area (TPSA) is 17.3 Å². The number of halogens is 2. The van der Waals surface area contributed by atoms with Gasteiger partial charge in [0.25, 0.3) is 0 Å². The average Bonchev–Trinajstić information content (AvgIpc) is 2.19. The molecule has 0 bridgehead atoms. The van der Waals surface area contributed by atoms with Crippen molar-refractivity contribution in [3.8, 4) is 0 Å². The molecule has 1 aliphatic rings. The van der Waals surface area contributed by atoms with Crippen molar-refractivity contribution in [3.05, 3.63) is 29.0 Å². The van der Waals surface area contributed by atoms with E-state index in [-0.39, 0.29) is 5.82 Å². The molecule has 0 N–H and O–H groups in total. The minimum Gasteiger partial charge on any atom is -0.365 e. The zero-order valence-electron chi connectivity index (χ0n) is 7.71. The Labute approximate surface area is 87.7 Å². The lowest BCUT2D eigenvalue weighted by atomic mass is 10.2. The summed E-state index contributed by atoms with van der Waals surface area (Å²) in [5, 5.41) is 4.68. The molecule has 1 saturated heterocycles. The number of hydrogen-bond donors (Lipinski definition) is 0. The van der Waals surface area contributed by atoms with E-state index in [0.29, 0.717) is 10.7 Å². The summed E-state index contributed by atoms with van der Waals surface area (Å²) in [4.78, 5) is 1.95. The lowest BCUT2D eigenvalue weighted by Crippen LogP contribution is -2.40. The summed E-state index contributed by atoms with van der Waals surface area (Å²) in [6.45, 7) is 3.01. The molecule has 75 valence electrons. The molecule has 1 aromatic carbocycles. The van der Waals surface area contributed by atoms with E-state index >= 15 is 0 Å². The van der Waals surface area contributed by atoms with E-state index < -0.39 is 0 Å². The van der Waals surface area contributed by atoms with Gasteiger partial charge >= 0.3 is 0 Å². The van der Waals surface area contributed by atoms with Crippen LogP contribution in [0.2, 0.25) is 5.02 Å². The third-order valence-electron chi connectivity index (χ3n) is 2.31. The van der Waals surface area contributed by atoms with Crippen molar-refractivity contribution in [2.75, 3.05) is 31.1 Å². The lowest BCUT2D eigenvalue weighted by Gasteiger charge is -2.29. The SMILES string of the molecule is Fc1cccc(Cl)c1N1CC[N]CC1. The molecule has 2 rings (SSSR count). The summed E-state index contributed by atoms with van der Waals surface area (Å²) in [7, 11) is 0. The molecular formula is C10H11ClFN2. The molecule has 0 atom stereocenters. The second-order valence-electron chi connectivity index (χ2n) is 3.23. The molecule has 0 amide bonds. The van der Waals surface area contributed by atoms with Crippen molar-refractivity contribution < 1.29 is 4.39 Å². The normalized spacial score (nSPS) is 17.1. The van der Waals surface area contributed by atoms with Crippen LogP contribution >= 0.6 is 11.6 Å². The molecule has 4 heteroatoms. The summed E-state index contributed by atoms with van der Waals surface area (Å²) in [6.07, 6.45) is 0. The van der Waals surface area contributed by atoms with Crippen LogP contribution in [0.4, 0.5) is 10.1 Å². The minimum absolute atomic E-state index is 0.251. The Bertz CT molecular complexity index is 304. The molecule has 2 nitrogen and oxygen atoms in total. The van der Waals surface area contributed by atoms with Crippen molar-refractivity contribution in [2.24, 2.45) is 0 Å². The van der Waals surface area contributed by atoms with Crippen LogP contribution in [0.5, 0.6) is 0 Å². The number of rotatable bonds is 1. The molecule has 0 aliphatic carbocycles. The largest absolute Gasteiger partial charge is 0.365 e.